The molecule has 0 aromatic rings. The highest BCUT2D eigenvalue weighted by Gasteiger charge is 2.36. The average molecular weight is 275 g/mol. The van der Waals surface area contributed by atoms with Crippen molar-refractivity contribution in [3.63, 3.8) is 0 Å². The fourth-order valence-corrected chi connectivity index (χ4v) is 2.30. The first-order valence-electron chi connectivity index (χ1n) is 4.61. The molecular weight excluding hydrogens is 258 g/mol. The standard InChI is InChI=1S/C9H17BrF2S/c1-3-4-5-6-7-8(10)9(11,12)13-2/h8H,3-7H2,1-2H3. The van der Waals surface area contributed by atoms with E-state index in [2.05, 4.69) is 22.9 Å². The van der Waals surface area contributed by atoms with Crippen LogP contribution < -0.4 is 0 Å². The van der Waals surface area contributed by atoms with Gasteiger partial charge in [0.25, 0.3) is 0 Å². The third-order valence-electron chi connectivity index (χ3n) is 1.95. The summed E-state index contributed by atoms with van der Waals surface area (Å²) in [5, 5.41) is -2.62. The van der Waals surface area contributed by atoms with Gasteiger partial charge in [-0.05, 0) is 12.7 Å². The Morgan fingerprint density at radius 1 is 1.31 bits per heavy atom. The van der Waals surface area contributed by atoms with Gasteiger partial charge in [-0.3, -0.25) is 0 Å². The van der Waals surface area contributed by atoms with Gasteiger partial charge in [0.1, 0.15) is 0 Å². The van der Waals surface area contributed by atoms with Crippen molar-refractivity contribution in [2.24, 2.45) is 0 Å². The monoisotopic (exact) mass is 274 g/mol. The first-order chi connectivity index (χ1) is 6.04. The molecule has 0 aliphatic heterocycles. The second kappa shape index (κ2) is 7.04. The van der Waals surface area contributed by atoms with Crippen molar-refractivity contribution >= 4 is 27.7 Å². The molecule has 0 N–H and O–H groups in total. The molecule has 1 atom stereocenters. The number of unbranched alkanes of at least 4 members (excludes halogenated alkanes) is 3. The summed E-state index contributed by atoms with van der Waals surface area (Å²) in [7, 11) is 0. The van der Waals surface area contributed by atoms with Crippen LogP contribution in [0.5, 0.6) is 0 Å². The summed E-state index contributed by atoms with van der Waals surface area (Å²) < 4.78 is 25.9. The lowest BCUT2D eigenvalue weighted by Crippen LogP contribution is -2.24. The lowest BCUT2D eigenvalue weighted by Gasteiger charge is -2.19. The maximum atomic E-state index is 13.0. The summed E-state index contributed by atoms with van der Waals surface area (Å²) in [5.41, 5.74) is 0. The van der Waals surface area contributed by atoms with Crippen LogP contribution in [0.2, 0.25) is 0 Å². The van der Waals surface area contributed by atoms with Crippen LogP contribution in [0.15, 0.2) is 0 Å². The molecule has 0 rings (SSSR count). The van der Waals surface area contributed by atoms with Gasteiger partial charge in [0.15, 0.2) is 0 Å². The molecule has 1 unspecified atom stereocenters. The first kappa shape index (κ1) is 13.7. The van der Waals surface area contributed by atoms with Crippen LogP contribution in [0.4, 0.5) is 8.78 Å². The third-order valence-corrected chi connectivity index (χ3v) is 4.11. The Labute approximate surface area is 92.0 Å². The Balaban J connectivity index is 3.55. The van der Waals surface area contributed by atoms with Crippen molar-refractivity contribution < 1.29 is 8.78 Å². The van der Waals surface area contributed by atoms with Crippen LogP contribution in [0, 0.1) is 0 Å². The zero-order chi connectivity index (χ0) is 10.3. The smallest absolute Gasteiger partial charge is 0.193 e. The molecule has 0 saturated heterocycles. The van der Waals surface area contributed by atoms with Crippen molar-refractivity contribution in [2.45, 2.75) is 49.1 Å². The van der Waals surface area contributed by atoms with Gasteiger partial charge in [-0.15, -0.1) is 0 Å². The fraction of sp³-hybridized carbons (Fsp3) is 1.00. The van der Waals surface area contributed by atoms with E-state index in [0.29, 0.717) is 18.2 Å². The molecule has 0 saturated carbocycles. The van der Waals surface area contributed by atoms with Crippen molar-refractivity contribution in [3.8, 4) is 0 Å². The topological polar surface area (TPSA) is 0 Å². The number of alkyl halides is 3. The van der Waals surface area contributed by atoms with Crippen molar-refractivity contribution in [1.82, 2.24) is 0 Å². The zero-order valence-electron chi connectivity index (χ0n) is 8.16. The Morgan fingerprint density at radius 3 is 2.38 bits per heavy atom. The summed E-state index contributed by atoms with van der Waals surface area (Å²) in [6.07, 6.45) is 6.24. The van der Waals surface area contributed by atoms with Gasteiger partial charge in [0.05, 0.1) is 4.83 Å². The minimum Gasteiger partial charge on any atom is -0.193 e. The van der Waals surface area contributed by atoms with E-state index >= 15 is 0 Å². The number of thioether (sulfide) groups is 1. The summed E-state index contributed by atoms with van der Waals surface area (Å²) in [6.45, 7) is 2.11. The maximum absolute atomic E-state index is 13.0. The summed E-state index contributed by atoms with van der Waals surface area (Å²) in [4.78, 5) is -0.674. The third kappa shape index (κ3) is 5.89. The van der Waals surface area contributed by atoms with Crippen LogP contribution >= 0.6 is 27.7 Å². The number of hydrogen-bond donors (Lipinski definition) is 0. The van der Waals surface area contributed by atoms with Gasteiger partial charge in [-0.1, -0.05) is 60.3 Å². The van der Waals surface area contributed by atoms with Gasteiger partial charge < -0.3 is 0 Å². The fourth-order valence-electron chi connectivity index (χ4n) is 1.05. The number of rotatable bonds is 7. The van der Waals surface area contributed by atoms with Gasteiger partial charge >= 0.3 is 5.25 Å². The lowest BCUT2D eigenvalue weighted by atomic mass is 10.1. The molecule has 0 spiro atoms. The van der Waals surface area contributed by atoms with Gasteiger partial charge in [0, 0.05) is 0 Å². The molecule has 0 heterocycles. The SMILES string of the molecule is CCCCCCC(Br)C(F)(F)SC. The molecule has 0 nitrogen and oxygen atoms in total. The second-order valence-corrected chi connectivity index (χ2v) is 5.14. The normalized spacial score (nSPS) is 14.5. The summed E-state index contributed by atoms with van der Waals surface area (Å²) >= 11 is 3.66. The van der Waals surface area contributed by atoms with Gasteiger partial charge in [-0.25, -0.2) is 0 Å². The molecule has 80 valence electrons. The molecule has 4 heteroatoms. The van der Waals surface area contributed by atoms with Crippen LogP contribution in [0.1, 0.15) is 39.0 Å². The molecule has 0 aromatic heterocycles. The van der Waals surface area contributed by atoms with E-state index in [-0.39, 0.29) is 0 Å². The highest BCUT2D eigenvalue weighted by molar-refractivity contribution is 9.09. The molecule has 0 radical (unpaired) electrons. The molecule has 0 aliphatic carbocycles. The van der Waals surface area contributed by atoms with Gasteiger partial charge in [-0.2, -0.15) is 8.78 Å². The van der Waals surface area contributed by atoms with Gasteiger partial charge in [0.2, 0.25) is 0 Å². The largest absolute Gasteiger partial charge is 0.305 e. The summed E-state index contributed by atoms with van der Waals surface area (Å²) in [6, 6.07) is 0. The van der Waals surface area contributed by atoms with Crippen LogP contribution in [-0.2, 0) is 0 Å². The Bertz CT molecular complexity index is 131. The van der Waals surface area contributed by atoms with Crippen molar-refractivity contribution in [1.29, 1.82) is 0 Å². The Kier molecular flexibility index (Phi) is 7.42. The predicted molar refractivity (Wildman–Crippen MR) is 59.9 cm³/mol. The van der Waals surface area contributed by atoms with E-state index in [1.807, 2.05) is 0 Å². The first-order valence-corrected chi connectivity index (χ1v) is 6.75. The summed E-state index contributed by atoms with van der Waals surface area (Å²) in [5.74, 6) is 0. The van der Waals surface area contributed by atoms with E-state index in [1.54, 1.807) is 0 Å². The molecule has 0 fully saturated rings. The number of halogens is 3. The molecule has 13 heavy (non-hydrogen) atoms. The minimum absolute atomic E-state index is 0.563. The molecule has 0 bridgehead atoms. The Hall–Kier alpha value is 0.690. The highest BCUT2D eigenvalue weighted by Crippen LogP contribution is 2.37. The number of hydrogen-bond acceptors (Lipinski definition) is 1. The zero-order valence-corrected chi connectivity index (χ0v) is 10.6. The molecule has 0 aromatic carbocycles. The molecule has 0 aliphatic rings. The lowest BCUT2D eigenvalue weighted by molar-refractivity contribution is 0.102. The van der Waals surface area contributed by atoms with E-state index in [1.165, 1.54) is 6.26 Å². The second-order valence-electron chi connectivity index (χ2n) is 3.08. The predicted octanol–water partition coefficient (Wildman–Crippen LogP) is 4.68. The minimum atomic E-state index is -2.62. The van der Waals surface area contributed by atoms with E-state index in [0.717, 1.165) is 25.7 Å². The van der Waals surface area contributed by atoms with Crippen molar-refractivity contribution in [2.75, 3.05) is 6.26 Å². The van der Waals surface area contributed by atoms with Crippen LogP contribution in [0.3, 0.4) is 0 Å². The highest BCUT2D eigenvalue weighted by atomic mass is 79.9. The van der Waals surface area contributed by atoms with E-state index in [4.69, 9.17) is 0 Å². The quantitative estimate of drug-likeness (QED) is 0.480. The molecule has 0 amide bonds. The van der Waals surface area contributed by atoms with E-state index in [9.17, 15) is 8.78 Å². The van der Waals surface area contributed by atoms with Crippen molar-refractivity contribution in [3.05, 3.63) is 0 Å². The van der Waals surface area contributed by atoms with E-state index < -0.39 is 10.1 Å². The Morgan fingerprint density at radius 2 is 1.92 bits per heavy atom. The van der Waals surface area contributed by atoms with Crippen LogP contribution in [0.25, 0.3) is 0 Å². The average Bonchev–Trinajstić information content (AvgIpc) is 2.12. The molecular formula is C9H17BrF2S. The van der Waals surface area contributed by atoms with Crippen LogP contribution in [-0.4, -0.2) is 16.3 Å². The maximum Gasteiger partial charge on any atom is 0.305 e.